The zero-order valence-corrected chi connectivity index (χ0v) is 10.4. The van der Waals surface area contributed by atoms with E-state index in [4.69, 9.17) is 0 Å². The van der Waals surface area contributed by atoms with Crippen molar-refractivity contribution in [1.82, 2.24) is 0 Å². The molecule has 0 aliphatic carbocycles. The molecule has 0 heterocycles. The lowest BCUT2D eigenvalue weighted by molar-refractivity contribution is -0.384. The molecule has 0 saturated carbocycles. The zero-order chi connectivity index (χ0) is 13.1. The molecule has 0 amide bonds. The molecule has 0 unspecified atom stereocenters. The van der Waals surface area contributed by atoms with Crippen LogP contribution in [0.2, 0.25) is 0 Å². The molecule has 0 spiro atoms. The molecule has 0 bridgehead atoms. The average molecular weight is 240 g/mol. The van der Waals surface area contributed by atoms with Gasteiger partial charge in [-0.15, -0.1) is 0 Å². The van der Waals surface area contributed by atoms with E-state index < -0.39 is 0 Å². The Morgan fingerprint density at radius 2 is 1.83 bits per heavy atom. The number of rotatable bonds is 3. The van der Waals surface area contributed by atoms with Gasteiger partial charge in [0.25, 0.3) is 5.69 Å². The maximum absolute atomic E-state index is 10.7. The van der Waals surface area contributed by atoms with Crippen LogP contribution in [-0.4, -0.2) is 4.92 Å². The summed E-state index contributed by atoms with van der Waals surface area (Å²) >= 11 is 0. The highest BCUT2D eigenvalue weighted by Gasteiger charge is 2.07. The minimum atomic E-state index is -0.389. The largest absolute Gasteiger partial charge is 0.270 e. The molecule has 0 atom stereocenters. The molecule has 2 aromatic rings. The SMILES string of the molecule is CC(C)c1ccc(-c2[c]ccc([N+](=O)[O-])c2)cc1. The number of nitrogens with zero attached hydrogens (tertiary/aromatic N) is 1. The van der Waals surface area contributed by atoms with Gasteiger partial charge in [0.2, 0.25) is 0 Å². The minimum absolute atomic E-state index is 0.0942. The van der Waals surface area contributed by atoms with Crippen LogP contribution in [0.1, 0.15) is 25.3 Å². The molecule has 2 aromatic carbocycles. The van der Waals surface area contributed by atoms with E-state index in [1.54, 1.807) is 12.1 Å². The van der Waals surface area contributed by atoms with Gasteiger partial charge in [-0.25, -0.2) is 0 Å². The zero-order valence-electron chi connectivity index (χ0n) is 10.4. The summed E-state index contributed by atoms with van der Waals surface area (Å²) in [5, 5.41) is 10.7. The molecule has 0 fully saturated rings. The smallest absolute Gasteiger partial charge is 0.258 e. The Labute approximate surface area is 106 Å². The van der Waals surface area contributed by atoms with Gasteiger partial charge in [0.1, 0.15) is 0 Å². The molecule has 0 aromatic heterocycles. The summed E-state index contributed by atoms with van der Waals surface area (Å²) in [6.45, 7) is 4.27. The topological polar surface area (TPSA) is 43.1 Å². The van der Waals surface area contributed by atoms with E-state index in [9.17, 15) is 10.1 Å². The van der Waals surface area contributed by atoms with E-state index in [-0.39, 0.29) is 10.6 Å². The van der Waals surface area contributed by atoms with Crippen molar-refractivity contribution in [2.75, 3.05) is 0 Å². The summed E-state index contributed by atoms with van der Waals surface area (Å²) in [4.78, 5) is 10.3. The normalized spacial score (nSPS) is 10.6. The van der Waals surface area contributed by atoms with Gasteiger partial charge in [-0.2, -0.15) is 0 Å². The van der Waals surface area contributed by atoms with Crippen LogP contribution in [0.3, 0.4) is 0 Å². The molecule has 3 nitrogen and oxygen atoms in total. The number of non-ortho nitro benzene ring substituents is 1. The van der Waals surface area contributed by atoms with Crippen LogP contribution in [0.5, 0.6) is 0 Å². The molecule has 0 aliphatic rings. The van der Waals surface area contributed by atoms with Gasteiger partial charge in [-0.05, 0) is 34.7 Å². The van der Waals surface area contributed by atoms with Crippen molar-refractivity contribution in [3.63, 3.8) is 0 Å². The fourth-order valence-corrected chi connectivity index (χ4v) is 1.78. The molecule has 0 saturated heterocycles. The highest BCUT2D eigenvalue weighted by atomic mass is 16.6. The molecule has 91 valence electrons. The van der Waals surface area contributed by atoms with Gasteiger partial charge in [0, 0.05) is 12.1 Å². The van der Waals surface area contributed by atoms with Crippen LogP contribution >= 0.6 is 0 Å². The Kier molecular flexibility index (Phi) is 3.42. The molecule has 0 N–H and O–H groups in total. The first kappa shape index (κ1) is 12.3. The van der Waals surface area contributed by atoms with E-state index in [2.05, 4.69) is 19.9 Å². The number of nitro benzene ring substituents is 1. The Morgan fingerprint density at radius 3 is 2.39 bits per heavy atom. The molecular weight excluding hydrogens is 226 g/mol. The van der Waals surface area contributed by atoms with Crippen molar-refractivity contribution in [2.24, 2.45) is 0 Å². The molecule has 18 heavy (non-hydrogen) atoms. The third kappa shape index (κ3) is 2.56. The maximum atomic E-state index is 10.7. The quantitative estimate of drug-likeness (QED) is 0.596. The van der Waals surface area contributed by atoms with Crippen molar-refractivity contribution in [3.8, 4) is 11.1 Å². The summed E-state index contributed by atoms with van der Waals surface area (Å²) in [7, 11) is 0. The average Bonchev–Trinajstić information content (AvgIpc) is 2.39. The second kappa shape index (κ2) is 5.00. The summed E-state index contributed by atoms with van der Waals surface area (Å²) < 4.78 is 0. The number of hydrogen-bond donors (Lipinski definition) is 0. The predicted molar refractivity (Wildman–Crippen MR) is 71.5 cm³/mol. The third-order valence-corrected chi connectivity index (χ3v) is 2.88. The van der Waals surface area contributed by atoms with Crippen LogP contribution in [0.25, 0.3) is 11.1 Å². The highest BCUT2D eigenvalue weighted by molar-refractivity contribution is 5.65. The highest BCUT2D eigenvalue weighted by Crippen LogP contribution is 2.25. The summed E-state index contributed by atoms with van der Waals surface area (Å²) in [5.74, 6) is 0.480. The molecular formula is C15H14NO2. The Balaban J connectivity index is 2.36. The van der Waals surface area contributed by atoms with Gasteiger partial charge in [0.05, 0.1) is 4.92 Å². The van der Waals surface area contributed by atoms with Crippen molar-refractivity contribution in [3.05, 3.63) is 64.2 Å². The van der Waals surface area contributed by atoms with E-state index in [1.165, 1.54) is 11.6 Å². The van der Waals surface area contributed by atoms with Crippen molar-refractivity contribution in [1.29, 1.82) is 0 Å². The second-order valence-electron chi connectivity index (χ2n) is 4.49. The van der Waals surface area contributed by atoms with Crippen LogP contribution in [0, 0.1) is 16.2 Å². The number of hydrogen-bond acceptors (Lipinski definition) is 2. The van der Waals surface area contributed by atoms with Crippen molar-refractivity contribution in [2.45, 2.75) is 19.8 Å². The Bertz CT molecular complexity index is 559. The van der Waals surface area contributed by atoms with Gasteiger partial charge < -0.3 is 0 Å². The summed E-state index contributed by atoms with van der Waals surface area (Å²) in [5.41, 5.74) is 3.04. The van der Waals surface area contributed by atoms with Crippen molar-refractivity contribution >= 4 is 5.69 Å². The van der Waals surface area contributed by atoms with E-state index in [0.717, 1.165) is 11.1 Å². The van der Waals surface area contributed by atoms with Gasteiger partial charge >= 0.3 is 0 Å². The van der Waals surface area contributed by atoms with E-state index >= 15 is 0 Å². The van der Waals surface area contributed by atoms with Crippen LogP contribution in [0.15, 0.2) is 42.5 Å². The Morgan fingerprint density at radius 1 is 1.17 bits per heavy atom. The maximum Gasteiger partial charge on any atom is 0.270 e. The Hall–Kier alpha value is -2.16. The van der Waals surface area contributed by atoms with E-state index in [1.807, 2.05) is 24.3 Å². The lowest BCUT2D eigenvalue weighted by Gasteiger charge is -2.06. The molecule has 0 aliphatic heterocycles. The first-order chi connectivity index (χ1) is 8.58. The van der Waals surface area contributed by atoms with Gasteiger partial charge in [0.15, 0.2) is 0 Å². The van der Waals surface area contributed by atoms with Crippen LogP contribution in [-0.2, 0) is 0 Å². The van der Waals surface area contributed by atoms with Crippen LogP contribution < -0.4 is 0 Å². The molecule has 2 rings (SSSR count). The number of benzene rings is 2. The fraction of sp³-hybridized carbons (Fsp3) is 0.200. The fourth-order valence-electron chi connectivity index (χ4n) is 1.78. The lowest BCUT2D eigenvalue weighted by atomic mass is 9.99. The van der Waals surface area contributed by atoms with Crippen molar-refractivity contribution < 1.29 is 4.92 Å². The molecule has 1 radical (unpaired) electrons. The third-order valence-electron chi connectivity index (χ3n) is 2.88. The summed E-state index contributed by atoms with van der Waals surface area (Å²) in [6, 6.07) is 15.7. The summed E-state index contributed by atoms with van der Waals surface area (Å²) in [6.07, 6.45) is 0. The predicted octanol–water partition coefficient (Wildman–Crippen LogP) is 4.19. The monoisotopic (exact) mass is 240 g/mol. The molecule has 3 heteroatoms. The first-order valence-corrected chi connectivity index (χ1v) is 5.84. The van der Waals surface area contributed by atoms with Crippen LogP contribution in [0.4, 0.5) is 5.69 Å². The minimum Gasteiger partial charge on any atom is -0.258 e. The van der Waals surface area contributed by atoms with E-state index in [0.29, 0.717) is 5.92 Å². The number of nitro groups is 1. The lowest BCUT2D eigenvalue weighted by Crippen LogP contribution is -1.89. The second-order valence-corrected chi connectivity index (χ2v) is 4.49. The van der Waals surface area contributed by atoms with Gasteiger partial charge in [-0.3, -0.25) is 10.1 Å². The first-order valence-electron chi connectivity index (χ1n) is 5.84. The standard InChI is InChI=1S/C15H14NO2/c1-11(2)12-6-8-13(9-7-12)14-4-3-5-15(10-14)16(17)18/h3,5-11H,1-2H3. The van der Waals surface area contributed by atoms with Gasteiger partial charge in [-0.1, -0.05) is 38.1 Å².